The minimum Gasteiger partial charge on any atom is -0.310 e. The van der Waals surface area contributed by atoms with E-state index >= 15 is 0 Å². The number of hydrogen-bond donors (Lipinski definition) is 1. The molecule has 0 radical (unpaired) electrons. The van der Waals surface area contributed by atoms with Gasteiger partial charge in [-0.1, -0.05) is 17.3 Å². The van der Waals surface area contributed by atoms with Gasteiger partial charge < -0.3 is 5.32 Å². The van der Waals surface area contributed by atoms with Crippen molar-refractivity contribution in [2.24, 2.45) is 0 Å². The van der Waals surface area contributed by atoms with Gasteiger partial charge in [0.05, 0.1) is 5.52 Å². The summed E-state index contributed by atoms with van der Waals surface area (Å²) < 4.78 is 1.66. The first-order valence-corrected chi connectivity index (χ1v) is 6.75. The minimum atomic E-state index is 0.550. The molecule has 0 bridgehead atoms. The molecule has 0 spiro atoms. The summed E-state index contributed by atoms with van der Waals surface area (Å²) in [6, 6.07) is 8.47. The van der Waals surface area contributed by atoms with Crippen molar-refractivity contribution in [1.82, 2.24) is 30.3 Å². The molecule has 1 aromatic carbocycles. The molecule has 1 aliphatic carbocycles. The molecule has 6 nitrogen and oxygen atoms in total. The van der Waals surface area contributed by atoms with Crippen LogP contribution in [0.1, 0.15) is 18.4 Å². The topological polar surface area (TPSA) is 68.5 Å². The summed E-state index contributed by atoms with van der Waals surface area (Å²) in [5.41, 5.74) is 2.84. The van der Waals surface area contributed by atoms with E-state index < -0.39 is 0 Å². The van der Waals surface area contributed by atoms with Crippen molar-refractivity contribution < 1.29 is 0 Å². The fourth-order valence-electron chi connectivity index (χ4n) is 2.11. The van der Waals surface area contributed by atoms with E-state index in [1.54, 1.807) is 4.68 Å². The van der Waals surface area contributed by atoms with Gasteiger partial charge in [-0.25, -0.2) is 9.97 Å². The summed E-state index contributed by atoms with van der Waals surface area (Å²) in [5.74, 6) is 0.550. The maximum Gasteiger partial charge on any atom is 0.252 e. The average Bonchev–Trinajstić information content (AvgIpc) is 3.23. The molecule has 100 valence electrons. The van der Waals surface area contributed by atoms with Gasteiger partial charge in [-0.3, -0.25) is 0 Å². The molecule has 1 aliphatic rings. The summed E-state index contributed by atoms with van der Waals surface area (Å²) in [6.07, 6.45) is 6.25. The molecule has 0 aliphatic heterocycles. The lowest BCUT2D eigenvalue weighted by atomic mass is 10.3. The van der Waals surface area contributed by atoms with E-state index in [0.717, 1.165) is 23.1 Å². The van der Waals surface area contributed by atoms with Gasteiger partial charge in [0, 0.05) is 30.5 Å². The molecule has 1 fully saturated rings. The van der Waals surface area contributed by atoms with Crippen LogP contribution in [0.2, 0.25) is 0 Å². The van der Waals surface area contributed by atoms with Crippen molar-refractivity contribution in [2.75, 3.05) is 0 Å². The molecule has 1 saturated carbocycles. The van der Waals surface area contributed by atoms with Crippen LogP contribution in [0.4, 0.5) is 0 Å². The summed E-state index contributed by atoms with van der Waals surface area (Å²) in [7, 11) is 0. The zero-order chi connectivity index (χ0) is 13.4. The Bertz CT molecular complexity index is 729. The van der Waals surface area contributed by atoms with Crippen molar-refractivity contribution in [1.29, 1.82) is 0 Å². The zero-order valence-corrected chi connectivity index (χ0v) is 10.9. The third kappa shape index (κ3) is 2.14. The number of aromatic nitrogens is 5. The van der Waals surface area contributed by atoms with Crippen LogP contribution in [0.5, 0.6) is 0 Å². The molecule has 2 aromatic heterocycles. The van der Waals surface area contributed by atoms with E-state index in [9.17, 15) is 0 Å². The van der Waals surface area contributed by atoms with Gasteiger partial charge in [0.2, 0.25) is 0 Å². The molecule has 0 amide bonds. The lowest BCUT2D eigenvalue weighted by Gasteiger charge is -2.03. The molecule has 4 rings (SSSR count). The van der Waals surface area contributed by atoms with Crippen LogP contribution in [0.25, 0.3) is 17.0 Å². The lowest BCUT2D eigenvalue weighted by molar-refractivity contribution is 0.680. The summed E-state index contributed by atoms with van der Waals surface area (Å²) in [4.78, 5) is 8.76. The van der Waals surface area contributed by atoms with Gasteiger partial charge in [-0.05, 0) is 25.0 Å². The number of nitrogens with zero attached hydrogens (tertiary/aromatic N) is 5. The average molecular weight is 266 g/mol. The highest BCUT2D eigenvalue weighted by atomic mass is 15.5. The van der Waals surface area contributed by atoms with Crippen molar-refractivity contribution in [3.63, 3.8) is 0 Å². The molecule has 0 atom stereocenters. The molecular formula is C14H14N6. The highest BCUT2D eigenvalue weighted by Crippen LogP contribution is 2.19. The maximum absolute atomic E-state index is 4.38. The second-order valence-electron chi connectivity index (χ2n) is 5.04. The Kier molecular flexibility index (Phi) is 2.67. The van der Waals surface area contributed by atoms with Crippen LogP contribution in [-0.2, 0) is 6.54 Å². The van der Waals surface area contributed by atoms with Gasteiger partial charge in [-0.15, -0.1) is 5.10 Å². The second kappa shape index (κ2) is 4.64. The van der Waals surface area contributed by atoms with Crippen molar-refractivity contribution in [3.8, 4) is 5.95 Å². The molecule has 1 N–H and O–H groups in total. The molecule has 6 heteroatoms. The summed E-state index contributed by atoms with van der Waals surface area (Å²) in [6.45, 7) is 0.822. The van der Waals surface area contributed by atoms with E-state index in [0.29, 0.717) is 12.0 Å². The standard InChI is InChI=1S/C14H14N6/c1-2-4-13-12(3-1)18-19-20(13)14-16-8-10(9-17-14)7-15-11-5-6-11/h1-4,8-9,11,15H,5-7H2. The Morgan fingerprint density at radius 2 is 1.95 bits per heavy atom. The third-order valence-electron chi connectivity index (χ3n) is 3.41. The number of para-hydroxylation sites is 1. The molecular weight excluding hydrogens is 252 g/mol. The van der Waals surface area contributed by atoms with E-state index in [2.05, 4.69) is 25.6 Å². The van der Waals surface area contributed by atoms with Gasteiger partial charge in [0.25, 0.3) is 5.95 Å². The van der Waals surface area contributed by atoms with Crippen molar-refractivity contribution in [2.45, 2.75) is 25.4 Å². The number of rotatable bonds is 4. The van der Waals surface area contributed by atoms with Gasteiger partial charge in [0.1, 0.15) is 5.52 Å². The quantitative estimate of drug-likeness (QED) is 0.774. The molecule has 0 unspecified atom stereocenters. The number of fused-ring (bicyclic) bond motifs is 1. The summed E-state index contributed by atoms with van der Waals surface area (Å²) >= 11 is 0. The molecule has 2 heterocycles. The van der Waals surface area contributed by atoms with E-state index in [4.69, 9.17) is 0 Å². The van der Waals surface area contributed by atoms with Gasteiger partial charge in [0.15, 0.2) is 0 Å². The normalized spacial score (nSPS) is 14.8. The fourth-order valence-corrected chi connectivity index (χ4v) is 2.11. The first kappa shape index (κ1) is 11.5. The maximum atomic E-state index is 4.38. The van der Waals surface area contributed by atoms with Crippen LogP contribution >= 0.6 is 0 Å². The Morgan fingerprint density at radius 3 is 2.75 bits per heavy atom. The smallest absolute Gasteiger partial charge is 0.252 e. The SMILES string of the molecule is c1ccc2c(c1)nnn2-c1ncc(CNC2CC2)cn1. The van der Waals surface area contributed by atoms with Crippen LogP contribution in [0, 0.1) is 0 Å². The van der Waals surface area contributed by atoms with Crippen LogP contribution in [0.15, 0.2) is 36.7 Å². The predicted molar refractivity (Wildman–Crippen MR) is 74.3 cm³/mol. The highest BCUT2D eigenvalue weighted by Gasteiger charge is 2.20. The Balaban J connectivity index is 1.61. The Morgan fingerprint density at radius 1 is 1.15 bits per heavy atom. The molecule has 3 aromatic rings. The molecule has 0 saturated heterocycles. The summed E-state index contributed by atoms with van der Waals surface area (Å²) in [5, 5.41) is 11.7. The van der Waals surface area contributed by atoms with Crippen molar-refractivity contribution >= 4 is 11.0 Å². The van der Waals surface area contributed by atoms with Crippen molar-refractivity contribution in [3.05, 3.63) is 42.2 Å². The zero-order valence-electron chi connectivity index (χ0n) is 10.9. The predicted octanol–water partition coefficient (Wildman–Crippen LogP) is 1.46. The number of nitrogens with one attached hydrogen (secondary N) is 1. The highest BCUT2D eigenvalue weighted by molar-refractivity contribution is 5.75. The Hall–Kier alpha value is -2.34. The van der Waals surface area contributed by atoms with Crippen LogP contribution < -0.4 is 5.32 Å². The first-order chi connectivity index (χ1) is 9.90. The molecule has 20 heavy (non-hydrogen) atoms. The largest absolute Gasteiger partial charge is 0.310 e. The lowest BCUT2D eigenvalue weighted by Crippen LogP contribution is -2.16. The van der Waals surface area contributed by atoms with Gasteiger partial charge in [-0.2, -0.15) is 4.68 Å². The monoisotopic (exact) mass is 266 g/mol. The van der Waals surface area contributed by atoms with Crippen LogP contribution in [0.3, 0.4) is 0 Å². The third-order valence-corrected chi connectivity index (χ3v) is 3.41. The van der Waals surface area contributed by atoms with Gasteiger partial charge >= 0.3 is 0 Å². The minimum absolute atomic E-state index is 0.550. The van der Waals surface area contributed by atoms with E-state index in [-0.39, 0.29) is 0 Å². The fraction of sp³-hybridized carbons (Fsp3) is 0.286. The van der Waals surface area contributed by atoms with Crippen LogP contribution in [-0.4, -0.2) is 31.0 Å². The number of benzene rings is 1. The Labute approximate surface area is 115 Å². The second-order valence-corrected chi connectivity index (χ2v) is 5.04. The van der Waals surface area contributed by atoms with E-state index in [1.165, 1.54) is 12.8 Å². The first-order valence-electron chi connectivity index (χ1n) is 6.75. The van der Waals surface area contributed by atoms with E-state index in [1.807, 2.05) is 36.7 Å². The number of hydrogen-bond acceptors (Lipinski definition) is 5.